The average molecular weight is 578 g/mol. The zero-order valence-electron chi connectivity index (χ0n) is 25.1. The van der Waals surface area contributed by atoms with Crippen LogP contribution in [0.1, 0.15) is 57.7 Å². The Morgan fingerprint density at radius 1 is 0.878 bits per heavy atom. The summed E-state index contributed by atoms with van der Waals surface area (Å²) in [6.07, 6.45) is 1.02. The molecule has 0 saturated heterocycles. The van der Waals surface area contributed by atoms with Crippen molar-refractivity contribution < 1.29 is 14.3 Å². The number of nitrogens with zero attached hydrogens (tertiary/aromatic N) is 1. The minimum absolute atomic E-state index is 0.167. The largest absolute Gasteiger partial charge is 0.489 e. The molecular weight excluding hydrogens is 534 g/mol. The maximum Gasteiger partial charge on any atom is 0.243 e. The lowest BCUT2D eigenvalue weighted by Crippen LogP contribution is -2.56. The van der Waals surface area contributed by atoms with Crippen molar-refractivity contribution in [3.63, 3.8) is 0 Å². The third-order valence-corrected chi connectivity index (χ3v) is 6.83. The molecule has 0 aliphatic carbocycles. The number of nitrogens with one attached hydrogen (secondary N) is 2. The zero-order valence-corrected chi connectivity index (χ0v) is 25.9. The minimum atomic E-state index is -0.730. The minimum Gasteiger partial charge on any atom is -0.489 e. The summed E-state index contributed by atoms with van der Waals surface area (Å²) in [6.45, 7) is 11.0. The number of carbonyl (C=O) groups excluding carboxylic acids is 2. The fourth-order valence-corrected chi connectivity index (χ4v) is 4.81. The molecule has 0 spiro atoms. The summed E-state index contributed by atoms with van der Waals surface area (Å²) in [4.78, 5) is 29.2. The number of hydrogen-bond donors (Lipinski definition) is 2. The lowest BCUT2D eigenvalue weighted by molar-refractivity contribution is -0.132. The normalized spacial score (nSPS) is 13.1. The Labute approximate surface area is 250 Å². The number of rotatable bonds is 13. The van der Waals surface area contributed by atoms with Crippen molar-refractivity contribution in [2.24, 2.45) is 5.92 Å². The van der Waals surface area contributed by atoms with Crippen molar-refractivity contribution in [2.75, 3.05) is 7.05 Å². The number of hydrogen-bond acceptors (Lipinski definition) is 4. The van der Waals surface area contributed by atoms with E-state index in [1.54, 1.807) is 0 Å². The quantitative estimate of drug-likeness (QED) is 0.246. The van der Waals surface area contributed by atoms with Crippen molar-refractivity contribution >= 4 is 23.4 Å². The molecule has 0 fully saturated rings. The third-order valence-electron chi connectivity index (χ3n) is 6.59. The molecule has 7 heteroatoms. The lowest BCUT2D eigenvalue weighted by Gasteiger charge is -2.31. The summed E-state index contributed by atoms with van der Waals surface area (Å²) in [5.41, 5.74) is 2.61. The number of benzene rings is 3. The summed E-state index contributed by atoms with van der Waals surface area (Å²) in [6, 6.07) is 24.2. The van der Waals surface area contributed by atoms with Crippen molar-refractivity contribution in [3.8, 4) is 5.75 Å². The van der Waals surface area contributed by atoms with Crippen LogP contribution in [0.3, 0.4) is 0 Å². The molecule has 0 heterocycles. The van der Waals surface area contributed by atoms with Gasteiger partial charge in [0.05, 0.1) is 6.04 Å². The Morgan fingerprint density at radius 2 is 1.54 bits per heavy atom. The molecule has 3 aromatic rings. The van der Waals surface area contributed by atoms with E-state index in [4.69, 9.17) is 16.3 Å². The van der Waals surface area contributed by atoms with Gasteiger partial charge in [0, 0.05) is 23.5 Å². The van der Waals surface area contributed by atoms with Gasteiger partial charge < -0.3 is 15.4 Å². The maximum absolute atomic E-state index is 13.7. The van der Waals surface area contributed by atoms with Crippen LogP contribution in [0.25, 0.3) is 0 Å². The molecule has 0 aliphatic rings. The molecule has 0 aliphatic heterocycles. The van der Waals surface area contributed by atoms with Gasteiger partial charge in [-0.2, -0.15) is 0 Å². The van der Waals surface area contributed by atoms with Crippen molar-refractivity contribution in [1.29, 1.82) is 0 Å². The van der Waals surface area contributed by atoms with E-state index in [0.29, 0.717) is 31.0 Å². The summed E-state index contributed by atoms with van der Waals surface area (Å²) < 4.78 is 5.92. The highest BCUT2D eigenvalue weighted by Crippen LogP contribution is 2.19. The summed E-state index contributed by atoms with van der Waals surface area (Å²) >= 11 is 6.19. The Balaban J connectivity index is 1.74. The monoisotopic (exact) mass is 577 g/mol. The highest BCUT2D eigenvalue weighted by atomic mass is 35.5. The maximum atomic E-state index is 13.7. The van der Waals surface area contributed by atoms with Gasteiger partial charge in [-0.15, -0.1) is 0 Å². The van der Waals surface area contributed by atoms with Crippen molar-refractivity contribution in [3.05, 3.63) is 101 Å². The van der Waals surface area contributed by atoms with E-state index in [-0.39, 0.29) is 17.7 Å². The van der Waals surface area contributed by atoms with Crippen LogP contribution in [-0.4, -0.2) is 41.4 Å². The second-order valence-electron chi connectivity index (χ2n) is 12.1. The number of amides is 2. The number of carbonyl (C=O) groups is 2. The molecule has 2 unspecified atom stereocenters. The molecule has 2 amide bonds. The highest BCUT2D eigenvalue weighted by Gasteiger charge is 2.30. The molecule has 2 N–H and O–H groups in total. The van der Waals surface area contributed by atoms with Crippen LogP contribution in [0.4, 0.5) is 0 Å². The van der Waals surface area contributed by atoms with Gasteiger partial charge in [-0.05, 0) is 81.1 Å². The number of ether oxygens (including phenoxy) is 1. The standard InChI is InChI=1S/C34H44ClN3O3/c1-24(2)19-31(38(6)22-27-13-10-14-28(35)20-27)33(40)36-30(32(39)37-34(3,4)5)21-25-15-17-29(18-16-25)41-23-26-11-8-7-9-12-26/h7-18,20,24,30-31H,19,21-23H2,1-6H3,(H,36,40)(H,37,39). The predicted octanol–water partition coefficient (Wildman–Crippen LogP) is 6.41. The Morgan fingerprint density at radius 3 is 2.15 bits per heavy atom. The van der Waals surface area contributed by atoms with Crippen LogP contribution < -0.4 is 15.4 Å². The van der Waals surface area contributed by atoms with Crippen LogP contribution in [0.5, 0.6) is 5.75 Å². The SMILES string of the molecule is CC(C)CC(C(=O)NC(Cc1ccc(OCc2ccccc2)cc1)C(=O)NC(C)(C)C)N(C)Cc1cccc(Cl)c1. The second-order valence-corrected chi connectivity index (χ2v) is 12.5. The first kappa shape index (κ1) is 32.2. The summed E-state index contributed by atoms with van der Waals surface area (Å²) in [5, 5.41) is 6.79. The van der Waals surface area contributed by atoms with Crippen molar-refractivity contribution in [1.82, 2.24) is 15.5 Å². The van der Waals surface area contributed by atoms with Crippen LogP contribution in [0, 0.1) is 5.92 Å². The van der Waals surface area contributed by atoms with Gasteiger partial charge in [-0.3, -0.25) is 14.5 Å². The summed E-state index contributed by atoms with van der Waals surface area (Å²) in [7, 11) is 1.94. The molecule has 3 aromatic carbocycles. The van der Waals surface area contributed by atoms with E-state index in [1.165, 1.54) is 0 Å². The van der Waals surface area contributed by atoms with Crippen LogP contribution in [0.2, 0.25) is 5.02 Å². The van der Waals surface area contributed by atoms with Gasteiger partial charge in [0.25, 0.3) is 0 Å². The fraction of sp³-hybridized carbons (Fsp3) is 0.412. The van der Waals surface area contributed by atoms with Gasteiger partial charge in [0.1, 0.15) is 18.4 Å². The third kappa shape index (κ3) is 11.2. The van der Waals surface area contributed by atoms with E-state index in [1.807, 2.05) is 112 Å². The fourth-order valence-electron chi connectivity index (χ4n) is 4.60. The lowest BCUT2D eigenvalue weighted by atomic mass is 9.99. The molecule has 6 nitrogen and oxygen atoms in total. The van der Waals surface area contributed by atoms with E-state index in [9.17, 15) is 9.59 Å². The van der Waals surface area contributed by atoms with Gasteiger partial charge in [0.15, 0.2) is 0 Å². The molecule has 3 rings (SSSR count). The summed E-state index contributed by atoms with van der Waals surface area (Å²) in [5.74, 6) is 0.658. The van der Waals surface area contributed by atoms with Crippen LogP contribution in [0.15, 0.2) is 78.9 Å². The molecule has 0 radical (unpaired) electrons. The second kappa shape index (κ2) is 15.0. The molecule has 0 aromatic heterocycles. The molecule has 220 valence electrons. The van der Waals surface area contributed by atoms with E-state index >= 15 is 0 Å². The van der Waals surface area contributed by atoms with Crippen molar-refractivity contribution in [2.45, 2.75) is 78.2 Å². The van der Waals surface area contributed by atoms with E-state index < -0.39 is 17.6 Å². The van der Waals surface area contributed by atoms with E-state index in [2.05, 4.69) is 24.5 Å². The molecule has 0 saturated carbocycles. The number of likely N-dealkylation sites (N-methyl/N-ethyl adjacent to an activating group) is 1. The van der Waals surface area contributed by atoms with Gasteiger partial charge >= 0.3 is 0 Å². The number of halogens is 1. The first-order chi connectivity index (χ1) is 19.4. The van der Waals surface area contributed by atoms with Crippen LogP contribution >= 0.6 is 11.6 Å². The van der Waals surface area contributed by atoms with Gasteiger partial charge in [0.2, 0.25) is 11.8 Å². The first-order valence-electron chi connectivity index (χ1n) is 14.2. The molecule has 2 atom stereocenters. The Kier molecular flexibility index (Phi) is 11.8. The Bertz CT molecular complexity index is 1260. The zero-order chi connectivity index (χ0) is 30.0. The van der Waals surface area contributed by atoms with E-state index in [0.717, 1.165) is 22.4 Å². The predicted molar refractivity (Wildman–Crippen MR) is 167 cm³/mol. The first-order valence-corrected chi connectivity index (χ1v) is 14.6. The van der Waals surface area contributed by atoms with Gasteiger partial charge in [-0.1, -0.05) is 80.0 Å². The molecule has 41 heavy (non-hydrogen) atoms. The topological polar surface area (TPSA) is 70.7 Å². The average Bonchev–Trinajstić information content (AvgIpc) is 2.90. The Hall–Kier alpha value is -3.35. The van der Waals surface area contributed by atoms with Gasteiger partial charge in [-0.25, -0.2) is 0 Å². The smallest absolute Gasteiger partial charge is 0.243 e. The molecule has 0 bridgehead atoms. The van der Waals surface area contributed by atoms with Crippen LogP contribution in [-0.2, 0) is 29.2 Å². The highest BCUT2D eigenvalue weighted by molar-refractivity contribution is 6.30. The molecular formula is C34H44ClN3O3.